The van der Waals surface area contributed by atoms with E-state index in [0.29, 0.717) is 0 Å². The summed E-state index contributed by atoms with van der Waals surface area (Å²) < 4.78 is 26.9. The molecule has 2 N–H and O–H groups in total. The summed E-state index contributed by atoms with van der Waals surface area (Å²) in [6, 6.07) is 1.93. The number of carboxylic acids is 1. The van der Waals surface area contributed by atoms with E-state index >= 15 is 0 Å². The second-order valence-electron chi connectivity index (χ2n) is 4.77. The fourth-order valence-corrected chi connectivity index (χ4v) is 1.85. The topological polar surface area (TPSA) is 83.5 Å². The lowest BCUT2D eigenvalue weighted by molar-refractivity contribution is -0.142. The lowest BCUT2D eigenvalue weighted by atomic mass is 10.1. The maximum Gasteiger partial charge on any atom is 0.326 e. The van der Waals surface area contributed by atoms with E-state index in [1.807, 2.05) is 0 Å². The molecule has 120 valence electrons. The van der Waals surface area contributed by atoms with Crippen molar-refractivity contribution in [3.05, 3.63) is 35.4 Å². The van der Waals surface area contributed by atoms with Gasteiger partial charge in [-0.05, 0) is 18.6 Å². The zero-order valence-corrected chi connectivity index (χ0v) is 12.1. The van der Waals surface area contributed by atoms with Gasteiger partial charge >= 0.3 is 5.97 Å². The maximum absolute atomic E-state index is 13.4. The highest BCUT2D eigenvalue weighted by Crippen LogP contribution is 2.13. The van der Waals surface area contributed by atoms with Crippen LogP contribution in [0.5, 0.6) is 0 Å². The minimum atomic E-state index is -1.30. The highest BCUT2D eigenvalue weighted by Gasteiger charge is 2.22. The molecule has 0 aliphatic rings. The molecule has 0 saturated carbocycles. The van der Waals surface area contributed by atoms with Gasteiger partial charge < -0.3 is 10.4 Å². The minimum Gasteiger partial charge on any atom is -0.480 e. The van der Waals surface area contributed by atoms with Crippen LogP contribution >= 0.6 is 0 Å². The van der Waals surface area contributed by atoms with Gasteiger partial charge in [-0.2, -0.15) is 0 Å². The van der Waals surface area contributed by atoms with Crippen LogP contribution < -0.4 is 5.32 Å². The number of benzene rings is 1. The van der Waals surface area contributed by atoms with Crippen LogP contribution in [0.15, 0.2) is 18.2 Å². The van der Waals surface area contributed by atoms with E-state index in [0.717, 1.165) is 12.1 Å². The van der Waals surface area contributed by atoms with Gasteiger partial charge in [0, 0.05) is 18.4 Å². The molecule has 0 heterocycles. The zero-order chi connectivity index (χ0) is 16.7. The predicted octanol–water partition coefficient (Wildman–Crippen LogP) is 1.84. The van der Waals surface area contributed by atoms with Crippen LogP contribution in [-0.4, -0.2) is 28.8 Å². The SMILES string of the molecule is CCC(=O)CC[C@@H](NC(=O)Cc1c(F)cccc1F)C(=O)O. The molecule has 0 bridgehead atoms. The van der Waals surface area contributed by atoms with Crippen molar-refractivity contribution in [3.63, 3.8) is 0 Å². The van der Waals surface area contributed by atoms with Crippen LogP contribution in [0.25, 0.3) is 0 Å². The Kier molecular flexibility index (Phi) is 6.62. The molecule has 22 heavy (non-hydrogen) atoms. The summed E-state index contributed by atoms with van der Waals surface area (Å²) in [5.74, 6) is -3.99. The average molecular weight is 313 g/mol. The lowest BCUT2D eigenvalue weighted by Crippen LogP contribution is -2.42. The summed E-state index contributed by atoms with van der Waals surface area (Å²) in [5, 5.41) is 11.2. The molecule has 0 saturated heterocycles. The summed E-state index contributed by atoms with van der Waals surface area (Å²) >= 11 is 0. The summed E-state index contributed by atoms with van der Waals surface area (Å²) in [4.78, 5) is 34.0. The zero-order valence-electron chi connectivity index (χ0n) is 12.1. The van der Waals surface area contributed by atoms with Crippen molar-refractivity contribution in [2.24, 2.45) is 0 Å². The van der Waals surface area contributed by atoms with Gasteiger partial charge in [0.1, 0.15) is 23.5 Å². The number of nitrogens with one attached hydrogen (secondary N) is 1. The Balaban J connectivity index is 2.68. The van der Waals surface area contributed by atoms with Gasteiger partial charge in [-0.1, -0.05) is 13.0 Å². The Morgan fingerprint density at radius 3 is 2.32 bits per heavy atom. The lowest BCUT2D eigenvalue weighted by Gasteiger charge is -2.14. The first-order valence-corrected chi connectivity index (χ1v) is 6.81. The van der Waals surface area contributed by atoms with Crippen molar-refractivity contribution in [2.45, 2.75) is 38.6 Å². The first kappa shape index (κ1) is 17.7. The summed E-state index contributed by atoms with van der Waals surface area (Å²) in [5.41, 5.74) is -0.422. The molecule has 7 heteroatoms. The van der Waals surface area contributed by atoms with E-state index in [9.17, 15) is 23.2 Å². The molecule has 0 aliphatic carbocycles. The third kappa shape index (κ3) is 5.23. The third-order valence-electron chi connectivity index (χ3n) is 3.14. The molecule has 0 aliphatic heterocycles. The molecule has 0 fully saturated rings. The summed E-state index contributed by atoms with van der Waals surface area (Å²) in [6.07, 6.45) is -0.375. The van der Waals surface area contributed by atoms with Crippen LogP contribution in [0.2, 0.25) is 0 Å². The van der Waals surface area contributed by atoms with E-state index in [4.69, 9.17) is 5.11 Å². The summed E-state index contributed by atoms with van der Waals surface area (Å²) in [6.45, 7) is 1.65. The van der Waals surface area contributed by atoms with Crippen LogP contribution in [0, 0.1) is 11.6 Å². The third-order valence-corrected chi connectivity index (χ3v) is 3.14. The number of carbonyl (C=O) groups is 3. The van der Waals surface area contributed by atoms with Gasteiger partial charge in [-0.3, -0.25) is 9.59 Å². The van der Waals surface area contributed by atoms with Gasteiger partial charge in [-0.25, -0.2) is 13.6 Å². The molecule has 1 aromatic rings. The normalized spacial score (nSPS) is 11.8. The average Bonchev–Trinajstić information content (AvgIpc) is 2.46. The van der Waals surface area contributed by atoms with E-state index in [2.05, 4.69) is 5.32 Å². The molecule has 1 aromatic carbocycles. The number of halogens is 2. The van der Waals surface area contributed by atoms with Crippen molar-refractivity contribution in [2.75, 3.05) is 0 Å². The Bertz CT molecular complexity index is 554. The minimum absolute atomic E-state index is 0.0157. The number of rotatable bonds is 8. The number of aliphatic carboxylic acids is 1. The quantitative estimate of drug-likeness (QED) is 0.767. The number of amides is 1. The molecule has 0 aromatic heterocycles. The molecule has 0 unspecified atom stereocenters. The van der Waals surface area contributed by atoms with Crippen LogP contribution in [0.1, 0.15) is 31.7 Å². The van der Waals surface area contributed by atoms with Gasteiger partial charge in [0.25, 0.3) is 0 Å². The Hall–Kier alpha value is -2.31. The first-order valence-electron chi connectivity index (χ1n) is 6.81. The Morgan fingerprint density at radius 2 is 1.82 bits per heavy atom. The number of ketones is 1. The van der Waals surface area contributed by atoms with Gasteiger partial charge in [0.2, 0.25) is 5.91 Å². The van der Waals surface area contributed by atoms with E-state index < -0.39 is 41.5 Å². The Labute approximate surface area is 126 Å². The van der Waals surface area contributed by atoms with Crippen molar-refractivity contribution in [3.8, 4) is 0 Å². The van der Waals surface area contributed by atoms with Crippen LogP contribution in [0.3, 0.4) is 0 Å². The smallest absolute Gasteiger partial charge is 0.326 e. The maximum atomic E-state index is 13.4. The molecule has 5 nitrogen and oxygen atoms in total. The molecule has 0 radical (unpaired) electrons. The molecule has 1 amide bonds. The predicted molar refractivity (Wildman–Crippen MR) is 74.2 cm³/mol. The molecule has 1 rings (SSSR count). The first-order chi connectivity index (χ1) is 10.3. The molecule has 0 spiro atoms. The van der Waals surface area contributed by atoms with Crippen LogP contribution in [0.4, 0.5) is 8.78 Å². The number of carboxylic acid groups (broad SMARTS) is 1. The van der Waals surface area contributed by atoms with Crippen molar-refractivity contribution < 1.29 is 28.3 Å². The highest BCUT2D eigenvalue weighted by atomic mass is 19.1. The number of hydrogen-bond donors (Lipinski definition) is 2. The monoisotopic (exact) mass is 313 g/mol. The fourth-order valence-electron chi connectivity index (χ4n) is 1.85. The number of carbonyl (C=O) groups excluding carboxylic acids is 2. The molecular weight excluding hydrogens is 296 g/mol. The fraction of sp³-hybridized carbons (Fsp3) is 0.400. The number of Topliss-reactive ketones (excluding diaryl/α,β-unsaturated/α-hetero) is 1. The van der Waals surface area contributed by atoms with Gasteiger partial charge in [0.15, 0.2) is 0 Å². The second-order valence-corrected chi connectivity index (χ2v) is 4.77. The van der Waals surface area contributed by atoms with E-state index in [1.54, 1.807) is 6.92 Å². The standard InChI is InChI=1S/C15H17F2NO4/c1-2-9(19)6-7-13(15(21)22)18-14(20)8-10-11(16)4-3-5-12(10)17/h3-5,13H,2,6-8H2,1H3,(H,18,20)(H,21,22)/t13-/m1/s1. The van der Waals surface area contributed by atoms with Crippen molar-refractivity contribution >= 4 is 17.7 Å². The number of hydrogen-bond acceptors (Lipinski definition) is 3. The van der Waals surface area contributed by atoms with Crippen molar-refractivity contribution in [1.82, 2.24) is 5.32 Å². The van der Waals surface area contributed by atoms with Crippen LogP contribution in [-0.2, 0) is 20.8 Å². The molecular formula is C15H17F2NO4. The van der Waals surface area contributed by atoms with Crippen molar-refractivity contribution in [1.29, 1.82) is 0 Å². The summed E-state index contributed by atoms with van der Waals surface area (Å²) in [7, 11) is 0. The largest absolute Gasteiger partial charge is 0.480 e. The van der Waals surface area contributed by atoms with Gasteiger partial charge in [0.05, 0.1) is 6.42 Å². The second kappa shape index (κ2) is 8.21. The molecule has 1 atom stereocenters. The van der Waals surface area contributed by atoms with E-state index in [1.165, 1.54) is 6.07 Å². The van der Waals surface area contributed by atoms with Gasteiger partial charge in [-0.15, -0.1) is 0 Å². The Morgan fingerprint density at radius 1 is 1.23 bits per heavy atom. The highest BCUT2D eigenvalue weighted by molar-refractivity contribution is 5.85. The van der Waals surface area contributed by atoms with E-state index in [-0.39, 0.29) is 25.0 Å².